The van der Waals surface area contributed by atoms with Crippen LogP contribution in [0.3, 0.4) is 0 Å². The number of esters is 4. The molecule has 15 heteroatoms. The Bertz CT molecular complexity index is 1860. The second kappa shape index (κ2) is 21.6. The molecule has 4 aromatic rings. The number of hydrogen-bond acceptors (Lipinski definition) is 13. The first-order chi connectivity index (χ1) is 26.9. The van der Waals surface area contributed by atoms with Crippen LogP contribution in [-0.4, -0.2) is 101 Å². The minimum Gasteiger partial charge on any atom is -0.459 e. The number of ether oxygens (including phenoxy) is 8. The normalized spacial score (nSPS) is 18.9. The zero-order valence-corrected chi connectivity index (χ0v) is 29.6. The van der Waals surface area contributed by atoms with Gasteiger partial charge in [0.25, 0.3) is 0 Å². The molecule has 55 heavy (non-hydrogen) atoms. The summed E-state index contributed by atoms with van der Waals surface area (Å²) in [5.74, 6) is -3.13. The predicted molar refractivity (Wildman–Crippen MR) is 194 cm³/mol. The maximum absolute atomic E-state index is 13.7. The summed E-state index contributed by atoms with van der Waals surface area (Å²) in [5.41, 5.74) is 9.15. The number of carbonyl (C=O) groups is 4. The summed E-state index contributed by atoms with van der Waals surface area (Å²) in [6.07, 6.45) is -7.29. The first-order valence-electron chi connectivity index (χ1n) is 17.4. The van der Waals surface area contributed by atoms with Crippen LogP contribution in [0.4, 0.5) is 0 Å². The highest BCUT2D eigenvalue weighted by atomic mass is 16.7. The van der Waals surface area contributed by atoms with Gasteiger partial charge in [-0.2, -0.15) is 0 Å². The molecule has 1 aliphatic rings. The third kappa shape index (κ3) is 12.2. The molecule has 0 spiro atoms. The SMILES string of the molecule is [N-]=[N+]=NCCOCCOCCO[C@H]1OC(COC(=O)c2ccccc2)[C@@H](OC(=O)c2ccccc2)[C@H](OC(=O)c2ccccc2)C1OC(=O)c1ccccc1. The number of benzene rings is 4. The molecule has 0 aliphatic carbocycles. The fourth-order valence-electron chi connectivity index (χ4n) is 5.36. The van der Waals surface area contributed by atoms with Crippen molar-refractivity contribution >= 4 is 23.9 Å². The molecule has 0 amide bonds. The van der Waals surface area contributed by atoms with E-state index in [0.29, 0.717) is 0 Å². The highest BCUT2D eigenvalue weighted by molar-refractivity contribution is 5.91. The van der Waals surface area contributed by atoms with Crippen LogP contribution >= 0.6 is 0 Å². The Labute approximate surface area is 316 Å². The second-order valence-corrected chi connectivity index (χ2v) is 11.8. The molecule has 15 nitrogen and oxygen atoms in total. The third-order valence-corrected chi connectivity index (χ3v) is 8.02. The number of hydrogen-bond donors (Lipinski definition) is 0. The number of azide groups is 1. The fourth-order valence-corrected chi connectivity index (χ4v) is 5.36. The first kappa shape index (κ1) is 40.1. The van der Waals surface area contributed by atoms with Crippen LogP contribution < -0.4 is 0 Å². The lowest BCUT2D eigenvalue weighted by molar-refractivity contribution is -0.299. The van der Waals surface area contributed by atoms with Gasteiger partial charge < -0.3 is 37.9 Å². The first-order valence-corrected chi connectivity index (χ1v) is 17.4. The van der Waals surface area contributed by atoms with Crippen LogP contribution in [0.25, 0.3) is 10.4 Å². The summed E-state index contributed by atoms with van der Waals surface area (Å²) in [4.78, 5) is 56.6. The van der Waals surface area contributed by atoms with Gasteiger partial charge in [-0.1, -0.05) is 77.9 Å². The van der Waals surface area contributed by atoms with E-state index in [1.165, 1.54) is 36.4 Å². The maximum Gasteiger partial charge on any atom is 0.338 e. The zero-order chi connectivity index (χ0) is 38.7. The Kier molecular flexibility index (Phi) is 15.7. The molecule has 0 bridgehead atoms. The van der Waals surface area contributed by atoms with Gasteiger partial charge in [-0.3, -0.25) is 0 Å². The molecule has 2 unspecified atom stereocenters. The van der Waals surface area contributed by atoms with Gasteiger partial charge in [-0.05, 0) is 54.1 Å². The van der Waals surface area contributed by atoms with Crippen molar-refractivity contribution in [2.75, 3.05) is 46.2 Å². The quantitative estimate of drug-likeness (QED) is 0.0288. The van der Waals surface area contributed by atoms with E-state index in [4.69, 9.17) is 43.4 Å². The smallest absolute Gasteiger partial charge is 0.338 e. The van der Waals surface area contributed by atoms with E-state index in [1.54, 1.807) is 84.9 Å². The molecule has 1 heterocycles. The Morgan fingerprint density at radius 1 is 0.545 bits per heavy atom. The average Bonchev–Trinajstić information content (AvgIpc) is 3.23. The van der Waals surface area contributed by atoms with E-state index in [0.717, 1.165) is 0 Å². The van der Waals surface area contributed by atoms with Gasteiger partial charge in [0, 0.05) is 11.5 Å². The van der Waals surface area contributed by atoms with Crippen LogP contribution in [0.2, 0.25) is 0 Å². The summed E-state index contributed by atoms with van der Waals surface area (Å²) < 4.78 is 47.0. The summed E-state index contributed by atoms with van der Waals surface area (Å²) in [5, 5.41) is 3.40. The average molecular weight is 754 g/mol. The topological polar surface area (TPSA) is 191 Å². The molecule has 1 saturated heterocycles. The Morgan fingerprint density at radius 2 is 0.964 bits per heavy atom. The standard InChI is InChI=1S/C40H39N3O12/c41-43-42-21-22-48-23-24-49-25-26-50-40-35(55-39(47)31-19-11-4-12-20-31)34(54-38(46)30-17-9-3-10-18-30)33(53-37(45)29-15-7-2-8-16-29)32(52-40)27-51-36(44)28-13-5-1-6-14-28/h1-20,32-35,40H,21-27H2/t32?,33-,34+,35?,40+/m1/s1. The molecular formula is C40H39N3O12. The van der Waals surface area contributed by atoms with Crippen LogP contribution in [0.1, 0.15) is 41.4 Å². The minimum absolute atomic E-state index is 0.0352. The summed E-state index contributed by atoms with van der Waals surface area (Å²) >= 11 is 0. The summed E-state index contributed by atoms with van der Waals surface area (Å²) in [7, 11) is 0. The van der Waals surface area contributed by atoms with Gasteiger partial charge in [0.1, 0.15) is 12.7 Å². The van der Waals surface area contributed by atoms with E-state index in [2.05, 4.69) is 10.0 Å². The molecule has 0 radical (unpaired) electrons. The fraction of sp³-hybridized carbons (Fsp3) is 0.300. The lowest BCUT2D eigenvalue weighted by Gasteiger charge is -2.44. The van der Waals surface area contributed by atoms with E-state index < -0.39 is 61.2 Å². The molecule has 4 aromatic carbocycles. The lowest BCUT2D eigenvalue weighted by atomic mass is 9.97. The maximum atomic E-state index is 13.7. The molecule has 1 aliphatic heterocycles. The molecule has 5 rings (SSSR count). The van der Waals surface area contributed by atoms with Crippen molar-refractivity contribution in [3.63, 3.8) is 0 Å². The highest BCUT2D eigenvalue weighted by Crippen LogP contribution is 2.32. The highest BCUT2D eigenvalue weighted by Gasteiger charge is 2.53. The molecule has 0 N–H and O–H groups in total. The van der Waals surface area contributed by atoms with Gasteiger partial charge in [-0.25, -0.2) is 19.2 Å². The number of rotatable bonds is 19. The van der Waals surface area contributed by atoms with Crippen LogP contribution in [0.5, 0.6) is 0 Å². The van der Waals surface area contributed by atoms with Crippen molar-refractivity contribution in [2.24, 2.45) is 5.11 Å². The molecular weight excluding hydrogens is 714 g/mol. The van der Waals surface area contributed by atoms with Crippen LogP contribution in [-0.2, 0) is 37.9 Å². The Balaban J connectivity index is 1.45. The van der Waals surface area contributed by atoms with Gasteiger partial charge in [0.2, 0.25) is 0 Å². The van der Waals surface area contributed by atoms with Crippen molar-refractivity contribution in [3.05, 3.63) is 154 Å². The summed E-state index contributed by atoms with van der Waals surface area (Å²) in [6.45, 7) is 0.262. The molecule has 286 valence electrons. The van der Waals surface area contributed by atoms with Crippen LogP contribution in [0.15, 0.2) is 126 Å². The van der Waals surface area contributed by atoms with Crippen molar-refractivity contribution in [2.45, 2.75) is 30.7 Å². The zero-order valence-electron chi connectivity index (χ0n) is 29.6. The largest absolute Gasteiger partial charge is 0.459 e. The molecule has 0 saturated carbocycles. The third-order valence-electron chi connectivity index (χ3n) is 8.02. The number of nitrogens with zero attached hydrogens (tertiary/aromatic N) is 3. The van der Waals surface area contributed by atoms with Crippen molar-refractivity contribution in [3.8, 4) is 0 Å². The Hall–Kier alpha value is -6.09. The van der Waals surface area contributed by atoms with Gasteiger partial charge in [-0.15, -0.1) is 0 Å². The molecule has 5 atom stereocenters. The van der Waals surface area contributed by atoms with Gasteiger partial charge >= 0.3 is 23.9 Å². The molecule has 1 fully saturated rings. The van der Waals surface area contributed by atoms with Gasteiger partial charge in [0.15, 0.2) is 24.6 Å². The Morgan fingerprint density at radius 3 is 1.45 bits per heavy atom. The monoisotopic (exact) mass is 753 g/mol. The van der Waals surface area contributed by atoms with E-state index in [-0.39, 0.29) is 61.8 Å². The van der Waals surface area contributed by atoms with E-state index in [1.807, 2.05) is 0 Å². The number of carbonyl (C=O) groups excluding carboxylic acids is 4. The lowest BCUT2D eigenvalue weighted by Crippen LogP contribution is -2.63. The van der Waals surface area contributed by atoms with E-state index >= 15 is 0 Å². The minimum atomic E-state index is -1.54. The molecule has 0 aromatic heterocycles. The predicted octanol–water partition coefficient (Wildman–Crippen LogP) is 5.61. The second-order valence-electron chi connectivity index (χ2n) is 11.8. The van der Waals surface area contributed by atoms with E-state index in [9.17, 15) is 19.2 Å². The van der Waals surface area contributed by atoms with Crippen molar-refractivity contribution in [1.82, 2.24) is 0 Å². The van der Waals surface area contributed by atoms with Gasteiger partial charge in [0.05, 0.1) is 55.3 Å². The van der Waals surface area contributed by atoms with Crippen molar-refractivity contribution in [1.29, 1.82) is 0 Å². The van der Waals surface area contributed by atoms with Crippen molar-refractivity contribution < 1.29 is 57.1 Å². The van der Waals surface area contributed by atoms with Crippen LogP contribution in [0, 0.1) is 0 Å². The summed E-state index contributed by atoms with van der Waals surface area (Å²) in [6, 6.07) is 32.5.